The number of nitrogens with two attached hydrogens (primary N) is 1. The number of likely N-dealkylation sites (N-methyl/N-ethyl adjacent to an activating group) is 1. The average Bonchev–Trinajstić information content (AvgIpc) is 3.16. The van der Waals surface area contributed by atoms with Crippen molar-refractivity contribution in [3.8, 4) is 0 Å². The molecule has 1 aromatic rings. The summed E-state index contributed by atoms with van der Waals surface area (Å²) < 4.78 is 5.43. The maximum Gasteiger partial charge on any atom is 0.257 e. The number of carbonyl (C=O) groups is 1. The molecule has 2 saturated carbocycles. The van der Waals surface area contributed by atoms with E-state index in [0.717, 1.165) is 82.6 Å². The molecule has 1 amide bonds. The average molecular weight is 527 g/mol. The van der Waals surface area contributed by atoms with Gasteiger partial charge in [-0.2, -0.15) is 0 Å². The lowest BCUT2D eigenvalue weighted by Gasteiger charge is -2.36. The summed E-state index contributed by atoms with van der Waals surface area (Å²) in [4.78, 5) is 26.6. The van der Waals surface area contributed by atoms with Crippen molar-refractivity contribution < 1.29 is 14.6 Å². The summed E-state index contributed by atoms with van der Waals surface area (Å²) in [5.41, 5.74) is 6.22. The lowest BCUT2D eigenvalue weighted by molar-refractivity contribution is -0.131. The van der Waals surface area contributed by atoms with Gasteiger partial charge in [0.2, 0.25) is 0 Å². The highest BCUT2D eigenvalue weighted by atomic mass is 16.5. The minimum Gasteiger partial charge on any atom is -0.378 e. The molecule has 9 nitrogen and oxygen atoms in total. The molecule has 3 fully saturated rings. The van der Waals surface area contributed by atoms with E-state index < -0.39 is 11.8 Å². The molecular formula is C29H46N6O3. The van der Waals surface area contributed by atoms with Gasteiger partial charge in [-0.3, -0.25) is 15.0 Å². The van der Waals surface area contributed by atoms with Gasteiger partial charge in [0.05, 0.1) is 13.2 Å². The Morgan fingerprint density at radius 3 is 2.58 bits per heavy atom. The van der Waals surface area contributed by atoms with Gasteiger partial charge in [-0.15, -0.1) is 0 Å². The van der Waals surface area contributed by atoms with Crippen LogP contribution in [0.1, 0.15) is 88.8 Å². The number of carbonyl (C=O) groups excluding carboxylic acids is 1. The van der Waals surface area contributed by atoms with E-state index in [2.05, 4.69) is 15.2 Å². The lowest BCUT2D eigenvalue weighted by atomic mass is 9.74. The summed E-state index contributed by atoms with van der Waals surface area (Å²) in [6, 6.07) is 4.13. The maximum atomic E-state index is 13.4. The van der Waals surface area contributed by atoms with E-state index in [-0.39, 0.29) is 11.9 Å². The first kappa shape index (κ1) is 27.3. The molecule has 9 heteroatoms. The van der Waals surface area contributed by atoms with Gasteiger partial charge in [0.1, 0.15) is 17.6 Å². The van der Waals surface area contributed by atoms with Crippen LogP contribution in [0.3, 0.4) is 0 Å². The Balaban J connectivity index is 1.19. The normalized spacial score (nSPS) is 29.9. The largest absolute Gasteiger partial charge is 0.378 e. The number of hydrogen-bond donors (Lipinski definition) is 3. The second-order valence-corrected chi connectivity index (χ2v) is 12.0. The Hall–Kier alpha value is -2.23. The van der Waals surface area contributed by atoms with Crippen LogP contribution in [-0.4, -0.2) is 71.8 Å². The molecule has 1 saturated heterocycles. The number of nitrogens with one attached hydrogen (secondary N) is 1. The van der Waals surface area contributed by atoms with Crippen molar-refractivity contribution in [1.29, 1.82) is 0 Å². The molecule has 3 heterocycles. The Kier molecular flexibility index (Phi) is 8.85. The minimum absolute atomic E-state index is 0.0624. The number of amides is 1. The first-order valence-electron chi connectivity index (χ1n) is 14.8. The number of aliphatic imine (C=N–C) groups is 1. The van der Waals surface area contributed by atoms with Crippen LogP contribution in [0.5, 0.6) is 0 Å². The SMILES string of the molecule is CN1C(=O)[C@@](CCC2CCCCC2)(C[C@H]2CCC[C@@H](NC(O)c3ccc(N4CCOCC4)nc3)C2)N=C1N. The third kappa shape index (κ3) is 6.32. The van der Waals surface area contributed by atoms with Crippen molar-refractivity contribution in [2.45, 2.75) is 94.9 Å². The number of anilines is 1. The smallest absolute Gasteiger partial charge is 0.257 e. The van der Waals surface area contributed by atoms with Gasteiger partial charge in [-0.05, 0) is 56.1 Å². The number of ether oxygens (including phenoxy) is 1. The molecule has 38 heavy (non-hydrogen) atoms. The summed E-state index contributed by atoms with van der Waals surface area (Å²) in [6.07, 6.45) is 14.2. The molecule has 2 aliphatic heterocycles. The van der Waals surface area contributed by atoms with E-state index in [1.165, 1.54) is 32.1 Å². The van der Waals surface area contributed by atoms with Gasteiger partial charge in [0.25, 0.3) is 5.91 Å². The van der Waals surface area contributed by atoms with Crippen LogP contribution in [0.15, 0.2) is 23.3 Å². The third-order valence-electron chi connectivity index (χ3n) is 9.29. The number of aromatic nitrogens is 1. The molecule has 0 bridgehead atoms. The molecule has 0 radical (unpaired) electrons. The Morgan fingerprint density at radius 2 is 1.89 bits per heavy atom. The number of morpholine rings is 1. The summed E-state index contributed by atoms with van der Waals surface area (Å²) in [5.74, 6) is 2.41. The van der Waals surface area contributed by atoms with E-state index in [0.29, 0.717) is 17.8 Å². The molecule has 0 spiro atoms. The number of pyridine rings is 1. The fourth-order valence-corrected chi connectivity index (χ4v) is 7.04. The van der Waals surface area contributed by atoms with E-state index in [1.54, 1.807) is 18.1 Å². The molecule has 2 aliphatic carbocycles. The number of rotatable bonds is 9. The van der Waals surface area contributed by atoms with E-state index >= 15 is 0 Å². The van der Waals surface area contributed by atoms with Crippen LogP contribution in [0.4, 0.5) is 5.82 Å². The van der Waals surface area contributed by atoms with E-state index in [4.69, 9.17) is 15.5 Å². The van der Waals surface area contributed by atoms with Crippen LogP contribution in [0.25, 0.3) is 0 Å². The van der Waals surface area contributed by atoms with E-state index in [9.17, 15) is 9.90 Å². The zero-order valence-corrected chi connectivity index (χ0v) is 23.0. The van der Waals surface area contributed by atoms with Gasteiger partial charge in [-0.25, -0.2) is 9.98 Å². The molecule has 1 aromatic heterocycles. The fraction of sp³-hybridized carbons (Fsp3) is 0.759. The first-order valence-corrected chi connectivity index (χ1v) is 14.8. The molecule has 4 aliphatic rings. The number of aliphatic hydroxyl groups excluding tert-OH is 1. The fourth-order valence-electron chi connectivity index (χ4n) is 7.04. The van der Waals surface area contributed by atoms with E-state index in [1.807, 2.05) is 12.1 Å². The van der Waals surface area contributed by atoms with Crippen LogP contribution in [0, 0.1) is 11.8 Å². The van der Waals surface area contributed by atoms with Gasteiger partial charge in [0.15, 0.2) is 5.96 Å². The Morgan fingerprint density at radius 1 is 1.13 bits per heavy atom. The van der Waals surface area contributed by atoms with Gasteiger partial charge < -0.3 is 20.5 Å². The van der Waals surface area contributed by atoms with Gasteiger partial charge in [-0.1, -0.05) is 44.9 Å². The molecular weight excluding hydrogens is 480 g/mol. The van der Waals surface area contributed by atoms with Crippen LogP contribution >= 0.6 is 0 Å². The van der Waals surface area contributed by atoms with Crippen molar-refractivity contribution in [3.63, 3.8) is 0 Å². The molecule has 4 atom stereocenters. The van der Waals surface area contributed by atoms with Crippen LogP contribution < -0.4 is 16.0 Å². The molecule has 1 unspecified atom stereocenters. The summed E-state index contributed by atoms with van der Waals surface area (Å²) in [6.45, 7) is 3.12. The Bertz CT molecular complexity index is 960. The van der Waals surface area contributed by atoms with Crippen molar-refractivity contribution in [3.05, 3.63) is 23.9 Å². The van der Waals surface area contributed by atoms with Crippen molar-refractivity contribution in [2.75, 3.05) is 38.3 Å². The maximum absolute atomic E-state index is 13.4. The summed E-state index contributed by atoms with van der Waals surface area (Å²) >= 11 is 0. The van der Waals surface area contributed by atoms with Crippen molar-refractivity contribution in [1.82, 2.24) is 15.2 Å². The van der Waals surface area contributed by atoms with Gasteiger partial charge in [0, 0.05) is 37.9 Å². The first-order chi connectivity index (χ1) is 18.4. The van der Waals surface area contributed by atoms with Crippen molar-refractivity contribution >= 4 is 17.7 Å². The predicted molar refractivity (Wildman–Crippen MR) is 149 cm³/mol. The monoisotopic (exact) mass is 526 g/mol. The van der Waals surface area contributed by atoms with Crippen LogP contribution in [0.2, 0.25) is 0 Å². The van der Waals surface area contributed by atoms with Crippen molar-refractivity contribution in [2.24, 2.45) is 22.6 Å². The quantitative estimate of drug-likeness (QED) is 0.423. The molecule has 4 N–H and O–H groups in total. The molecule has 0 aromatic carbocycles. The summed E-state index contributed by atoms with van der Waals surface area (Å²) in [7, 11) is 1.75. The number of guanidine groups is 1. The molecule has 5 rings (SSSR count). The number of nitrogens with zero attached hydrogens (tertiary/aromatic N) is 4. The predicted octanol–water partition coefficient (Wildman–Crippen LogP) is 3.33. The third-order valence-corrected chi connectivity index (χ3v) is 9.29. The lowest BCUT2D eigenvalue weighted by Crippen LogP contribution is -2.45. The topological polar surface area (TPSA) is 116 Å². The molecule has 210 valence electrons. The standard InChI is InChI=1S/C29H46N6O3/c1-34-27(37)29(33-28(34)30,13-12-21-6-3-2-4-7-21)19-22-8-5-9-24(18-22)32-26(36)23-10-11-25(31-20-23)35-14-16-38-17-15-35/h10-11,20-22,24,26,32,36H,2-9,12-19H2,1H3,(H2,30,33)/t22-,24+,26?,29+/m0/s1. The van der Waals surface area contributed by atoms with Crippen LogP contribution in [-0.2, 0) is 9.53 Å². The Labute approximate surface area is 227 Å². The second-order valence-electron chi connectivity index (χ2n) is 12.0. The zero-order valence-electron chi connectivity index (χ0n) is 23.0. The zero-order chi connectivity index (χ0) is 26.5. The number of hydrogen-bond acceptors (Lipinski definition) is 8. The highest BCUT2D eigenvalue weighted by Gasteiger charge is 2.48. The summed E-state index contributed by atoms with van der Waals surface area (Å²) in [5, 5.41) is 14.4. The highest BCUT2D eigenvalue weighted by Crippen LogP contribution is 2.40. The number of aliphatic hydroxyl groups is 1. The highest BCUT2D eigenvalue weighted by molar-refractivity contribution is 6.06. The minimum atomic E-state index is -0.766. The second kappa shape index (κ2) is 12.3. The van der Waals surface area contributed by atoms with Gasteiger partial charge >= 0.3 is 0 Å².